The summed E-state index contributed by atoms with van der Waals surface area (Å²) in [6, 6.07) is 9.65. The predicted molar refractivity (Wildman–Crippen MR) is 85.3 cm³/mol. The first-order valence-corrected chi connectivity index (χ1v) is 7.60. The van der Waals surface area contributed by atoms with Crippen molar-refractivity contribution in [2.45, 2.75) is 13.8 Å². The summed E-state index contributed by atoms with van der Waals surface area (Å²) in [5.74, 6) is 0.0742. The molecule has 6 heteroatoms. The lowest BCUT2D eigenvalue weighted by molar-refractivity contribution is 0.102. The van der Waals surface area contributed by atoms with Crippen molar-refractivity contribution in [2.75, 3.05) is 5.32 Å². The fourth-order valence-corrected chi connectivity index (χ4v) is 2.97. The number of aryl methyl sites for hydroxylation is 2. The summed E-state index contributed by atoms with van der Waals surface area (Å²) >= 11 is 1.40. The second-order valence-electron chi connectivity index (χ2n) is 4.95. The summed E-state index contributed by atoms with van der Waals surface area (Å²) in [6.45, 7) is 3.74. The van der Waals surface area contributed by atoms with E-state index >= 15 is 0 Å². The molecule has 0 bridgehead atoms. The minimum Gasteiger partial charge on any atom is -0.306 e. The molecule has 0 radical (unpaired) electrons. The molecule has 0 aliphatic heterocycles. The number of benzene rings is 1. The molecule has 0 saturated carbocycles. The molecule has 112 valence electrons. The Morgan fingerprint density at radius 3 is 2.59 bits per heavy atom. The molecule has 1 N–H and O–H groups in total. The number of amides is 1. The number of nitrogens with one attached hydrogen (secondary N) is 1. The van der Waals surface area contributed by atoms with E-state index in [0.29, 0.717) is 16.4 Å². The molecule has 22 heavy (non-hydrogen) atoms. The maximum absolute atomic E-state index is 13.1. The highest BCUT2D eigenvalue weighted by Gasteiger charge is 2.15. The summed E-state index contributed by atoms with van der Waals surface area (Å²) in [5, 5.41) is 9.10. The number of nitrogens with zero attached hydrogens (tertiary/aromatic N) is 2. The lowest BCUT2D eigenvalue weighted by atomic mass is 10.3. The molecule has 1 amide bonds. The van der Waals surface area contributed by atoms with Crippen LogP contribution in [0.3, 0.4) is 0 Å². The molecule has 2 aromatic heterocycles. The smallest absolute Gasteiger partial charge is 0.267 e. The van der Waals surface area contributed by atoms with Gasteiger partial charge in [0.1, 0.15) is 11.6 Å². The molecule has 0 atom stereocenters. The average molecular weight is 315 g/mol. The van der Waals surface area contributed by atoms with Crippen molar-refractivity contribution < 1.29 is 9.18 Å². The van der Waals surface area contributed by atoms with Crippen molar-refractivity contribution in [1.82, 2.24) is 9.78 Å². The average Bonchev–Trinajstić information content (AvgIpc) is 3.06. The largest absolute Gasteiger partial charge is 0.306 e. The first kappa shape index (κ1) is 14.5. The van der Waals surface area contributed by atoms with Crippen LogP contribution in [0.1, 0.15) is 20.9 Å². The van der Waals surface area contributed by atoms with Crippen molar-refractivity contribution >= 4 is 23.1 Å². The molecule has 0 spiro atoms. The molecule has 2 heterocycles. The van der Waals surface area contributed by atoms with Gasteiger partial charge in [-0.3, -0.25) is 4.79 Å². The van der Waals surface area contributed by atoms with E-state index in [1.807, 2.05) is 25.3 Å². The highest BCUT2D eigenvalue weighted by molar-refractivity contribution is 7.12. The van der Waals surface area contributed by atoms with Crippen LogP contribution in [-0.4, -0.2) is 15.7 Å². The number of anilines is 1. The van der Waals surface area contributed by atoms with Gasteiger partial charge < -0.3 is 5.32 Å². The minimum atomic E-state index is -0.313. The number of hydrogen-bond donors (Lipinski definition) is 1. The lowest BCUT2D eigenvalue weighted by Crippen LogP contribution is -2.14. The number of rotatable bonds is 3. The standard InChI is InChI=1S/C16H14FN3OS/c1-10-7-8-22-15(10)16(21)18-14-9-11(2)19-20(14)13-5-3-12(17)4-6-13/h3-9H,1-2H3,(H,18,21). The van der Waals surface area contributed by atoms with Crippen molar-refractivity contribution in [3.05, 3.63) is 63.7 Å². The van der Waals surface area contributed by atoms with Gasteiger partial charge in [-0.05, 0) is 55.1 Å². The van der Waals surface area contributed by atoms with Gasteiger partial charge in [0.15, 0.2) is 0 Å². The molecule has 0 unspecified atom stereocenters. The van der Waals surface area contributed by atoms with Gasteiger partial charge >= 0.3 is 0 Å². The summed E-state index contributed by atoms with van der Waals surface area (Å²) in [4.78, 5) is 13.0. The van der Waals surface area contributed by atoms with Gasteiger partial charge in [0.2, 0.25) is 0 Å². The second-order valence-corrected chi connectivity index (χ2v) is 5.86. The van der Waals surface area contributed by atoms with Gasteiger partial charge in [-0.15, -0.1) is 11.3 Å². The summed E-state index contributed by atoms with van der Waals surface area (Å²) in [5.41, 5.74) is 2.39. The van der Waals surface area contributed by atoms with E-state index in [0.717, 1.165) is 11.3 Å². The zero-order valence-electron chi connectivity index (χ0n) is 12.1. The van der Waals surface area contributed by atoms with Crippen molar-refractivity contribution in [3.8, 4) is 5.69 Å². The van der Waals surface area contributed by atoms with Crippen LogP contribution >= 0.6 is 11.3 Å². The van der Waals surface area contributed by atoms with E-state index in [9.17, 15) is 9.18 Å². The normalized spacial score (nSPS) is 10.7. The minimum absolute atomic E-state index is 0.171. The van der Waals surface area contributed by atoms with Gasteiger partial charge in [-0.25, -0.2) is 9.07 Å². The predicted octanol–water partition coefficient (Wildman–Crippen LogP) is 3.94. The van der Waals surface area contributed by atoms with Crippen LogP contribution < -0.4 is 5.32 Å². The van der Waals surface area contributed by atoms with Crippen LogP contribution in [0.2, 0.25) is 0 Å². The Balaban J connectivity index is 1.93. The molecule has 3 aromatic rings. The highest BCUT2D eigenvalue weighted by Crippen LogP contribution is 2.21. The number of aromatic nitrogens is 2. The number of carbonyl (C=O) groups excluding carboxylic acids is 1. The molecule has 0 aliphatic carbocycles. The number of hydrogen-bond acceptors (Lipinski definition) is 3. The van der Waals surface area contributed by atoms with Gasteiger partial charge in [0.25, 0.3) is 5.91 Å². The Morgan fingerprint density at radius 2 is 1.95 bits per heavy atom. The Kier molecular flexibility index (Phi) is 3.77. The Morgan fingerprint density at radius 1 is 1.23 bits per heavy atom. The molecule has 0 saturated heterocycles. The monoisotopic (exact) mass is 315 g/mol. The molecule has 4 nitrogen and oxygen atoms in total. The molecular weight excluding hydrogens is 301 g/mol. The summed E-state index contributed by atoms with van der Waals surface area (Å²) in [7, 11) is 0. The fourth-order valence-electron chi connectivity index (χ4n) is 2.15. The van der Waals surface area contributed by atoms with E-state index in [1.54, 1.807) is 22.9 Å². The van der Waals surface area contributed by atoms with E-state index < -0.39 is 0 Å². The van der Waals surface area contributed by atoms with E-state index in [1.165, 1.54) is 23.5 Å². The van der Waals surface area contributed by atoms with E-state index in [-0.39, 0.29) is 11.7 Å². The molecule has 0 fully saturated rings. The second kappa shape index (κ2) is 5.73. The van der Waals surface area contributed by atoms with Crippen molar-refractivity contribution in [2.24, 2.45) is 0 Å². The van der Waals surface area contributed by atoms with Crippen LogP contribution in [0.25, 0.3) is 5.69 Å². The van der Waals surface area contributed by atoms with E-state index in [2.05, 4.69) is 10.4 Å². The van der Waals surface area contributed by atoms with Crippen molar-refractivity contribution in [1.29, 1.82) is 0 Å². The third kappa shape index (κ3) is 2.78. The molecular formula is C16H14FN3OS. The maximum atomic E-state index is 13.1. The van der Waals surface area contributed by atoms with Crippen molar-refractivity contribution in [3.63, 3.8) is 0 Å². The number of halogens is 1. The van der Waals surface area contributed by atoms with Gasteiger partial charge in [0, 0.05) is 6.07 Å². The summed E-state index contributed by atoms with van der Waals surface area (Å²) in [6.07, 6.45) is 0. The Bertz CT molecular complexity index is 820. The quantitative estimate of drug-likeness (QED) is 0.795. The Labute approximate surface area is 131 Å². The SMILES string of the molecule is Cc1cc(NC(=O)c2sccc2C)n(-c2ccc(F)cc2)n1. The first-order valence-electron chi connectivity index (χ1n) is 6.72. The highest BCUT2D eigenvalue weighted by atomic mass is 32.1. The van der Waals surface area contributed by atoms with E-state index in [4.69, 9.17) is 0 Å². The topological polar surface area (TPSA) is 46.9 Å². The summed E-state index contributed by atoms with van der Waals surface area (Å²) < 4.78 is 14.6. The molecule has 3 rings (SSSR count). The van der Waals surface area contributed by atoms with Gasteiger partial charge in [-0.1, -0.05) is 0 Å². The molecule has 1 aromatic carbocycles. The zero-order valence-corrected chi connectivity index (χ0v) is 12.9. The third-order valence-corrected chi connectivity index (χ3v) is 4.23. The van der Waals surface area contributed by atoms with Crippen LogP contribution in [0.5, 0.6) is 0 Å². The third-order valence-electron chi connectivity index (χ3n) is 3.21. The lowest BCUT2D eigenvalue weighted by Gasteiger charge is -2.08. The maximum Gasteiger partial charge on any atom is 0.267 e. The fraction of sp³-hybridized carbons (Fsp3) is 0.125. The van der Waals surface area contributed by atoms with Crippen LogP contribution in [-0.2, 0) is 0 Å². The van der Waals surface area contributed by atoms with Crippen LogP contribution in [0.4, 0.5) is 10.2 Å². The zero-order chi connectivity index (χ0) is 15.7. The van der Waals surface area contributed by atoms with Crippen LogP contribution in [0, 0.1) is 19.7 Å². The number of carbonyl (C=O) groups is 1. The number of thiophene rings is 1. The first-order chi connectivity index (χ1) is 10.5. The van der Waals surface area contributed by atoms with Crippen LogP contribution in [0.15, 0.2) is 41.8 Å². The van der Waals surface area contributed by atoms with Gasteiger partial charge in [-0.2, -0.15) is 5.10 Å². The molecule has 0 aliphatic rings. The van der Waals surface area contributed by atoms with Gasteiger partial charge in [0.05, 0.1) is 16.3 Å². The Hall–Kier alpha value is -2.47.